The number of methoxy groups -OCH3 is 1. The van der Waals surface area contributed by atoms with Gasteiger partial charge in [0, 0.05) is 18.1 Å². The first-order valence-corrected chi connectivity index (χ1v) is 8.54. The Morgan fingerprint density at radius 1 is 1.28 bits per heavy atom. The maximum Gasteiger partial charge on any atom is 0.167 e. The van der Waals surface area contributed by atoms with Crippen molar-refractivity contribution in [1.82, 2.24) is 29.6 Å². The van der Waals surface area contributed by atoms with Crippen LogP contribution in [0.25, 0.3) is 5.69 Å². The number of rotatable bonds is 5. The van der Waals surface area contributed by atoms with Crippen LogP contribution in [0.2, 0.25) is 0 Å². The molecule has 1 atom stereocenters. The number of likely N-dealkylation sites (tertiary alicyclic amines) is 1. The normalized spacial score (nSPS) is 17.9. The van der Waals surface area contributed by atoms with Crippen molar-refractivity contribution in [1.29, 1.82) is 0 Å². The topological polar surface area (TPSA) is 71.9 Å². The molecule has 0 radical (unpaired) electrons. The second-order valence-electron chi connectivity index (χ2n) is 6.32. The van der Waals surface area contributed by atoms with E-state index >= 15 is 0 Å². The fraction of sp³-hybridized carbons (Fsp3) is 0.389. The van der Waals surface area contributed by atoms with Gasteiger partial charge in [0.1, 0.15) is 17.4 Å². The molecule has 0 bridgehead atoms. The number of hydrogen-bond donors (Lipinski definition) is 1. The van der Waals surface area contributed by atoms with E-state index in [2.05, 4.69) is 29.6 Å². The highest BCUT2D eigenvalue weighted by Crippen LogP contribution is 2.31. The molecule has 1 aromatic carbocycles. The van der Waals surface area contributed by atoms with Crippen molar-refractivity contribution in [2.24, 2.45) is 0 Å². The highest BCUT2D eigenvalue weighted by atomic mass is 16.5. The first-order valence-electron chi connectivity index (χ1n) is 8.54. The van der Waals surface area contributed by atoms with Crippen LogP contribution >= 0.6 is 0 Å². The molecule has 1 saturated heterocycles. The predicted molar refractivity (Wildman–Crippen MR) is 93.6 cm³/mol. The van der Waals surface area contributed by atoms with Crippen LogP contribution in [0.1, 0.15) is 36.4 Å². The van der Waals surface area contributed by atoms with Crippen molar-refractivity contribution in [3.8, 4) is 11.4 Å². The van der Waals surface area contributed by atoms with E-state index in [0.717, 1.165) is 54.8 Å². The highest BCUT2D eigenvalue weighted by molar-refractivity contribution is 5.38. The van der Waals surface area contributed by atoms with Gasteiger partial charge in [-0.3, -0.25) is 10.00 Å². The molecule has 0 unspecified atom stereocenters. The maximum absolute atomic E-state index is 5.24. The maximum atomic E-state index is 5.24. The molecule has 25 heavy (non-hydrogen) atoms. The number of nitrogens with zero attached hydrogens (tertiary/aromatic N) is 5. The molecule has 0 spiro atoms. The summed E-state index contributed by atoms with van der Waals surface area (Å²) in [7, 11) is 1.68. The van der Waals surface area contributed by atoms with Crippen molar-refractivity contribution in [3.63, 3.8) is 0 Å². The molecule has 130 valence electrons. The molecule has 1 aliphatic rings. The van der Waals surface area contributed by atoms with E-state index in [1.54, 1.807) is 7.11 Å². The fourth-order valence-corrected chi connectivity index (χ4v) is 3.43. The van der Waals surface area contributed by atoms with Crippen molar-refractivity contribution in [2.45, 2.75) is 32.4 Å². The summed E-state index contributed by atoms with van der Waals surface area (Å²) in [6, 6.07) is 8.28. The monoisotopic (exact) mass is 338 g/mol. The van der Waals surface area contributed by atoms with Gasteiger partial charge < -0.3 is 9.30 Å². The van der Waals surface area contributed by atoms with E-state index in [0.29, 0.717) is 0 Å². The number of ether oxygens (including phenoxy) is 1. The molecule has 3 aromatic rings. The van der Waals surface area contributed by atoms with E-state index in [-0.39, 0.29) is 6.04 Å². The van der Waals surface area contributed by atoms with Crippen molar-refractivity contribution < 1.29 is 4.74 Å². The van der Waals surface area contributed by atoms with Crippen LogP contribution in [0.15, 0.2) is 36.7 Å². The second-order valence-corrected chi connectivity index (χ2v) is 6.32. The van der Waals surface area contributed by atoms with Gasteiger partial charge in [0.05, 0.1) is 19.7 Å². The minimum atomic E-state index is 0.256. The summed E-state index contributed by atoms with van der Waals surface area (Å²) in [6.07, 6.45) is 6.09. The molecule has 1 fully saturated rings. The molecular formula is C18H22N6O. The smallest absolute Gasteiger partial charge is 0.167 e. The molecule has 4 rings (SSSR count). The standard InChI is InChI=1S/C18H22N6O/c1-13-20-18(22-21-13)16-4-3-10-23(16)12-17-19-9-11-24(17)14-5-7-15(25-2)8-6-14/h5-9,11,16H,3-4,10,12H2,1-2H3,(H,20,21,22)/t16-/m0/s1. The minimum Gasteiger partial charge on any atom is -0.497 e. The molecule has 1 aliphatic heterocycles. The summed E-state index contributed by atoms with van der Waals surface area (Å²) in [5.74, 6) is 3.62. The van der Waals surface area contributed by atoms with Crippen LogP contribution in [0, 0.1) is 6.92 Å². The summed E-state index contributed by atoms with van der Waals surface area (Å²) in [5, 5.41) is 7.31. The SMILES string of the molecule is COc1ccc(-n2ccnc2CN2CCC[C@H]2c2n[nH]c(C)n2)cc1. The van der Waals surface area contributed by atoms with Crippen LogP contribution in [-0.4, -0.2) is 43.3 Å². The summed E-state index contributed by atoms with van der Waals surface area (Å²) >= 11 is 0. The number of aromatic nitrogens is 5. The van der Waals surface area contributed by atoms with E-state index in [1.807, 2.05) is 43.6 Å². The Labute approximate surface area is 146 Å². The van der Waals surface area contributed by atoms with Crippen molar-refractivity contribution in [2.75, 3.05) is 13.7 Å². The number of aromatic amines is 1. The molecule has 0 saturated carbocycles. The average Bonchev–Trinajstić information content (AvgIpc) is 3.36. The van der Waals surface area contributed by atoms with E-state index in [4.69, 9.17) is 4.74 Å². The number of hydrogen-bond acceptors (Lipinski definition) is 5. The van der Waals surface area contributed by atoms with Crippen molar-refractivity contribution >= 4 is 0 Å². The Morgan fingerprint density at radius 3 is 2.84 bits per heavy atom. The van der Waals surface area contributed by atoms with Gasteiger partial charge >= 0.3 is 0 Å². The molecule has 2 aromatic heterocycles. The minimum absolute atomic E-state index is 0.256. The third-order valence-electron chi connectivity index (χ3n) is 4.69. The molecular weight excluding hydrogens is 316 g/mol. The van der Waals surface area contributed by atoms with Crippen LogP contribution in [-0.2, 0) is 6.54 Å². The fourth-order valence-electron chi connectivity index (χ4n) is 3.43. The highest BCUT2D eigenvalue weighted by Gasteiger charge is 2.30. The quantitative estimate of drug-likeness (QED) is 0.774. The number of benzene rings is 1. The van der Waals surface area contributed by atoms with Gasteiger partial charge in [-0.1, -0.05) is 0 Å². The van der Waals surface area contributed by atoms with Crippen LogP contribution in [0.5, 0.6) is 5.75 Å². The summed E-state index contributed by atoms with van der Waals surface area (Å²) in [6.45, 7) is 3.75. The molecule has 7 nitrogen and oxygen atoms in total. The summed E-state index contributed by atoms with van der Waals surface area (Å²) in [4.78, 5) is 11.5. The molecule has 0 aliphatic carbocycles. The Hall–Kier alpha value is -2.67. The van der Waals surface area contributed by atoms with Crippen LogP contribution < -0.4 is 4.74 Å². The van der Waals surface area contributed by atoms with E-state index < -0.39 is 0 Å². The Morgan fingerprint density at radius 2 is 2.12 bits per heavy atom. The van der Waals surface area contributed by atoms with Gasteiger partial charge in [-0.2, -0.15) is 5.10 Å². The lowest BCUT2D eigenvalue weighted by Gasteiger charge is -2.22. The number of nitrogens with one attached hydrogen (secondary N) is 1. The van der Waals surface area contributed by atoms with Crippen LogP contribution in [0.4, 0.5) is 0 Å². The van der Waals surface area contributed by atoms with Gasteiger partial charge in [-0.05, 0) is 50.6 Å². The third kappa shape index (κ3) is 3.15. The summed E-state index contributed by atoms with van der Waals surface area (Å²) < 4.78 is 7.36. The average molecular weight is 338 g/mol. The number of aryl methyl sites for hydroxylation is 1. The van der Waals surface area contributed by atoms with Gasteiger partial charge in [0.2, 0.25) is 0 Å². The molecule has 3 heterocycles. The zero-order valence-corrected chi connectivity index (χ0v) is 14.5. The largest absolute Gasteiger partial charge is 0.497 e. The van der Waals surface area contributed by atoms with Gasteiger partial charge in [0.25, 0.3) is 0 Å². The molecule has 1 N–H and O–H groups in total. The third-order valence-corrected chi connectivity index (χ3v) is 4.69. The summed E-state index contributed by atoms with van der Waals surface area (Å²) in [5.41, 5.74) is 1.08. The first-order chi connectivity index (χ1) is 12.2. The lowest BCUT2D eigenvalue weighted by molar-refractivity contribution is 0.233. The predicted octanol–water partition coefficient (Wildman–Crippen LogP) is 2.64. The van der Waals surface area contributed by atoms with Crippen molar-refractivity contribution in [3.05, 3.63) is 54.1 Å². The number of H-pyrrole nitrogens is 1. The Bertz CT molecular complexity index is 837. The zero-order valence-electron chi connectivity index (χ0n) is 14.5. The Balaban J connectivity index is 1.56. The van der Waals surface area contributed by atoms with E-state index in [9.17, 15) is 0 Å². The van der Waals surface area contributed by atoms with Crippen LogP contribution in [0.3, 0.4) is 0 Å². The van der Waals surface area contributed by atoms with E-state index in [1.165, 1.54) is 0 Å². The van der Waals surface area contributed by atoms with Gasteiger partial charge in [0.15, 0.2) is 5.82 Å². The first kappa shape index (κ1) is 15.8. The molecule has 0 amide bonds. The number of imidazole rings is 1. The Kier molecular flexibility index (Phi) is 4.23. The molecule has 7 heteroatoms. The lowest BCUT2D eigenvalue weighted by atomic mass is 10.2. The van der Waals surface area contributed by atoms with Gasteiger partial charge in [-0.15, -0.1) is 0 Å². The second kappa shape index (κ2) is 6.68. The lowest BCUT2D eigenvalue weighted by Crippen LogP contribution is -2.25. The van der Waals surface area contributed by atoms with Gasteiger partial charge in [-0.25, -0.2) is 9.97 Å². The zero-order chi connectivity index (χ0) is 17.2.